The van der Waals surface area contributed by atoms with Gasteiger partial charge in [0, 0.05) is 23.1 Å². The second-order valence-corrected chi connectivity index (χ2v) is 7.92. The zero-order valence-corrected chi connectivity index (χ0v) is 16.8. The van der Waals surface area contributed by atoms with E-state index in [0.717, 1.165) is 16.9 Å². The third-order valence-corrected chi connectivity index (χ3v) is 5.92. The van der Waals surface area contributed by atoms with E-state index >= 15 is 0 Å². The summed E-state index contributed by atoms with van der Waals surface area (Å²) < 4.78 is 10.8. The van der Waals surface area contributed by atoms with Gasteiger partial charge in [0.05, 0.1) is 18.0 Å². The normalized spacial score (nSPS) is 19.8. The predicted octanol–water partition coefficient (Wildman–Crippen LogP) is 4.70. The van der Waals surface area contributed by atoms with Gasteiger partial charge in [-0.2, -0.15) is 0 Å². The van der Waals surface area contributed by atoms with E-state index < -0.39 is 4.92 Å². The average molecular weight is 383 g/mol. The van der Waals surface area contributed by atoms with Crippen molar-refractivity contribution in [2.45, 2.75) is 40.2 Å². The zero-order chi connectivity index (χ0) is 20.6. The first kappa shape index (κ1) is 19.9. The van der Waals surface area contributed by atoms with Gasteiger partial charge in [0.15, 0.2) is 0 Å². The van der Waals surface area contributed by atoms with E-state index in [-0.39, 0.29) is 35.5 Å². The summed E-state index contributed by atoms with van der Waals surface area (Å²) in [6.07, 6.45) is 0. The summed E-state index contributed by atoms with van der Waals surface area (Å²) in [5, 5.41) is 11.2. The summed E-state index contributed by atoms with van der Waals surface area (Å²) in [7, 11) is 1.62. The third kappa shape index (κ3) is 3.46. The highest BCUT2D eigenvalue weighted by Gasteiger charge is 2.63. The van der Waals surface area contributed by atoms with Gasteiger partial charge in [-0.25, -0.2) is 0 Å². The van der Waals surface area contributed by atoms with Crippen LogP contribution in [0.2, 0.25) is 0 Å². The highest BCUT2D eigenvalue weighted by Crippen LogP contribution is 2.64. The molecular formula is C22H25NO5. The molecule has 0 aliphatic heterocycles. The molecule has 6 heteroatoms. The second-order valence-electron chi connectivity index (χ2n) is 7.92. The minimum atomic E-state index is -0.413. The lowest BCUT2D eigenvalue weighted by Gasteiger charge is -2.11. The van der Waals surface area contributed by atoms with Crippen molar-refractivity contribution in [1.82, 2.24) is 0 Å². The third-order valence-electron chi connectivity index (χ3n) is 5.92. The van der Waals surface area contributed by atoms with E-state index in [1.165, 1.54) is 6.07 Å². The van der Waals surface area contributed by atoms with Gasteiger partial charge in [-0.1, -0.05) is 32.0 Å². The Balaban J connectivity index is 1.73. The number of methoxy groups -OCH3 is 1. The van der Waals surface area contributed by atoms with Crippen LogP contribution < -0.4 is 4.74 Å². The fraction of sp³-hybridized carbons (Fsp3) is 0.409. The minimum Gasteiger partial charge on any atom is -0.497 e. The van der Waals surface area contributed by atoms with E-state index in [2.05, 4.69) is 13.8 Å². The summed E-state index contributed by atoms with van der Waals surface area (Å²) in [5.41, 5.74) is 3.03. The number of nitro groups is 1. The monoisotopic (exact) mass is 383 g/mol. The fourth-order valence-corrected chi connectivity index (χ4v) is 4.04. The maximum Gasteiger partial charge on any atom is 0.310 e. The number of ether oxygens (including phenoxy) is 2. The maximum atomic E-state index is 12.8. The Bertz CT molecular complexity index is 917. The topological polar surface area (TPSA) is 78.7 Å². The standard InChI is InChI=1S/C22H25NO5/c1-13-6-11-18(23(25)26)14(2)17(13)12-28-21(24)20-19(22(20,3)4)15-7-9-16(27-5)10-8-15/h6-11,19-20H,12H2,1-5H3. The van der Waals surface area contributed by atoms with Gasteiger partial charge >= 0.3 is 5.97 Å². The van der Waals surface area contributed by atoms with Gasteiger partial charge in [-0.05, 0) is 42.5 Å². The van der Waals surface area contributed by atoms with Gasteiger partial charge in [-0.15, -0.1) is 0 Å². The van der Waals surface area contributed by atoms with Crippen LogP contribution in [0.5, 0.6) is 5.75 Å². The molecule has 0 spiro atoms. The number of carbonyl (C=O) groups is 1. The molecule has 2 unspecified atom stereocenters. The van der Waals surface area contributed by atoms with E-state index in [4.69, 9.17) is 9.47 Å². The Hall–Kier alpha value is -2.89. The van der Waals surface area contributed by atoms with Crippen LogP contribution in [-0.4, -0.2) is 18.0 Å². The first-order valence-corrected chi connectivity index (χ1v) is 9.22. The van der Waals surface area contributed by atoms with E-state index in [1.807, 2.05) is 31.2 Å². The Morgan fingerprint density at radius 1 is 1.14 bits per heavy atom. The molecule has 1 aliphatic rings. The molecule has 28 heavy (non-hydrogen) atoms. The van der Waals surface area contributed by atoms with Crippen molar-refractivity contribution in [1.29, 1.82) is 0 Å². The number of nitrogens with zero attached hydrogens (tertiary/aromatic N) is 1. The van der Waals surface area contributed by atoms with Crippen LogP contribution >= 0.6 is 0 Å². The number of rotatable bonds is 6. The fourth-order valence-electron chi connectivity index (χ4n) is 4.04. The van der Waals surface area contributed by atoms with E-state index in [0.29, 0.717) is 11.1 Å². The molecule has 1 aliphatic carbocycles. The molecule has 3 rings (SSSR count). The van der Waals surface area contributed by atoms with Crippen molar-refractivity contribution >= 4 is 11.7 Å². The molecular weight excluding hydrogens is 358 g/mol. The van der Waals surface area contributed by atoms with Crippen LogP contribution in [0.25, 0.3) is 0 Å². The molecule has 0 bridgehead atoms. The molecule has 2 atom stereocenters. The zero-order valence-electron chi connectivity index (χ0n) is 16.8. The van der Waals surface area contributed by atoms with Crippen molar-refractivity contribution in [3.63, 3.8) is 0 Å². The Morgan fingerprint density at radius 2 is 1.79 bits per heavy atom. The first-order chi connectivity index (χ1) is 13.2. The summed E-state index contributed by atoms with van der Waals surface area (Å²) in [6, 6.07) is 10.9. The number of hydrogen-bond donors (Lipinski definition) is 0. The lowest BCUT2D eigenvalue weighted by Crippen LogP contribution is -2.12. The van der Waals surface area contributed by atoms with Crippen molar-refractivity contribution in [2.75, 3.05) is 7.11 Å². The van der Waals surface area contributed by atoms with E-state index in [1.54, 1.807) is 20.1 Å². The number of carbonyl (C=O) groups excluding carboxylic acids is 1. The van der Waals surface area contributed by atoms with Crippen molar-refractivity contribution in [3.8, 4) is 5.75 Å². The van der Waals surface area contributed by atoms with Gasteiger partial charge in [-0.3, -0.25) is 14.9 Å². The molecule has 6 nitrogen and oxygen atoms in total. The van der Waals surface area contributed by atoms with Crippen molar-refractivity contribution in [3.05, 3.63) is 68.8 Å². The van der Waals surface area contributed by atoms with Crippen molar-refractivity contribution in [2.24, 2.45) is 11.3 Å². The lowest BCUT2D eigenvalue weighted by molar-refractivity contribution is -0.385. The molecule has 2 aromatic carbocycles. The Kier molecular flexibility index (Phi) is 5.15. The average Bonchev–Trinajstić information content (AvgIpc) is 3.23. The van der Waals surface area contributed by atoms with Crippen LogP contribution in [0.3, 0.4) is 0 Å². The molecule has 0 amide bonds. The van der Waals surface area contributed by atoms with Gasteiger partial charge < -0.3 is 9.47 Å². The van der Waals surface area contributed by atoms with Gasteiger partial charge in [0.25, 0.3) is 5.69 Å². The summed E-state index contributed by atoms with van der Waals surface area (Å²) >= 11 is 0. The predicted molar refractivity (Wildman–Crippen MR) is 105 cm³/mol. The summed E-state index contributed by atoms with van der Waals surface area (Å²) in [4.78, 5) is 23.5. The summed E-state index contributed by atoms with van der Waals surface area (Å²) in [5.74, 6) is 0.354. The highest BCUT2D eigenvalue weighted by atomic mass is 16.6. The molecule has 0 heterocycles. The van der Waals surface area contributed by atoms with Crippen LogP contribution in [-0.2, 0) is 16.1 Å². The van der Waals surface area contributed by atoms with E-state index in [9.17, 15) is 14.9 Å². The Morgan fingerprint density at radius 3 is 2.36 bits per heavy atom. The molecule has 148 valence electrons. The number of nitro benzene ring substituents is 1. The van der Waals surface area contributed by atoms with Gasteiger partial charge in [0.2, 0.25) is 0 Å². The van der Waals surface area contributed by atoms with Gasteiger partial charge in [0.1, 0.15) is 12.4 Å². The first-order valence-electron chi connectivity index (χ1n) is 9.22. The molecule has 0 N–H and O–H groups in total. The van der Waals surface area contributed by atoms with Crippen LogP contribution in [0.15, 0.2) is 36.4 Å². The number of benzene rings is 2. The van der Waals surface area contributed by atoms with Crippen LogP contribution in [0.1, 0.15) is 42.0 Å². The SMILES string of the molecule is COc1ccc(C2C(C(=O)OCc3c(C)ccc([N+](=O)[O-])c3C)C2(C)C)cc1. The highest BCUT2D eigenvalue weighted by molar-refractivity contribution is 5.79. The quantitative estimate of drug-likeness (QED) is 0.410. The molecule has 0 radical (unpaired) electrons. The number of hydrogen-bond acceptors (Lipinski definition) is 5. The van der Waals surface area contributed by atoms with Crippen LogP contribution in [0, 0.1) is 35.3 Å². The number of esters is 1. The Labute approximate surface area is 164 Å². The molecule has 1 saturated carbocycles. The molecule has 0 aromatic heterocycles. The van der Waals surface area contributed by atoms with Crippen molar-refractivity contribution < 1.29 is 19.2 Å². The lowest BCUT2D eigenvalue weighted by atomic mass is 10.0. The minimum absolute atomic E-state index is 0.0412. The maximum absolute atomic E-state index is 12.8. The molecule has 1 fully saturated rings. The molecule has 0 saturated heterocycles. The largest absolute Gasteiger partial charge is 0.497 e. The number of aryl methyl sites for hydroxylation is 1. The summed E-state index contributed by atoms with van der Waals surface area (Å²) in [6.45, 7) is 7.70. The van der Waals surface area contributed by atoms with Crippen LogP contribution in [0.4, 0.5) is 5.69 Å². The molecule has 2 aromatic rings. The smallest absolute Gasteiger partial charge is 0.310 e. The second kappa shape index (κ2) is 7.26.